The molecule has 0 bridgehead atoms. The largest absolute Gasteiger partial charge is 0.492 e. The molecule has 0 radical (unpaired) electrons. The molecule has 126 valence electrons. The van der Waals surface area contributed by atoms with E-state index >= 15 is 0 Å². The van der Waals surface area contributed by atoms with Crippen LogP contribution in [0.4, 0.5) is 5.82 Å². The smallest absolute Gasteiger partial charge is 0.227 e. The molecular formula is C18H20ClN3O2. The van der Waals surface area contributed by atoms with Crippen molar-refractivity contribution >= 4 is 23.3 Å². The highest BCUT2D eigenvalue weighted by molar-refractivity contribution is 6.30. The summed E-state index contributed by atoms with van der Waals surface area (Å²) in [7, 11) is 3.87. The van der Waals surface area contributed by atoms with Gasteiger partial charge in [0, 0.05) is 31.9 Å². The molecule has 1 atom stereocenters. The van der Waals surface area contributed by atoms with Gasteiger partial charge in [-0.15, -0.1) is 0 Å². The number of nitrogens with zero attached hydrogens (tertiary/aromatic N) is 2. The van der Waals surface area contributed by atoms with Crippen molar-refractivity contribution in [2.24, 2.45) is 5.92 Å². The zero-order chi connectivity index (χ0) is 17.1. The van der Waals surface area contributed by atoms with Crippen LogP contribution in [0.3, 0.4) is 0 Å². The summed E-state index contributed by atoms with van der Waals surface area (Å²) in [6, 6.07) is 9.38. The Balaban J connectivity index is 1.61. The van der Waals surface area contributed by atoms with Gasteiger partial charge in [-0.25, -0.2) is 4.98 Å². The Morgan fingerprint density at radius 2 is 2.21 bits per heavy atom. The van der Waals surface area contributed by atoms with Crippen LogP contribution in [0.1, 0.15) is 11.1 Å². The standard InChI is InChI=1S/C18H20ClN3O2/c1-22(2)17-7-12(5-6-20-17)10-21-18(23)14-8-13-9-15(19)3-4-16(13)24-11-14/h3-7,9,14H,8,10-11H2,1-2H3,(H,21,23)/t14-/m1/s1. The number of carbonyl (C=O) groups is 1. The van der Waals surface area contributed by atoms with Crippen LogP contribution in [0.5, 0.6) is 5.75 Å². The van der Waals surface area contributed by atoms with E-state index in [1.807, 2.05) is 43.3 Å². The van der Waals surface area contributed by atoms with Crippen molar-refractivity contribution in [3.63, 3.8) is 0 Å². The number of halogens is 1. The van der Waals surface area contributed by atoms with E-state index in [9.17, 15) is 4.79 Å². The molecule has 1 aromatic heterocycles. The number of hydrogen-bond donors (Lipinski definition) is 1. The normalized spacial score (nSPS) is 16.0. The van der Waals surface area contributed by atoms with E-state index in [1.54, 1.807) is 12.3 Å². The maximum atomic E-state index is 12.4. The van der Waals surface area contributed by atoms with Crippen molar-refractivity contribution in [2.45, 2.75) is 13.0 Å². The first kappa shape index (κ1) is 16.6. The summed E-state index contributed by atoms with van der Waals surface area (Å²) in [6.07, 6.45) is 2.39. The van der Waals surface area contributed by atoms with Crippen molar-refractivity contribution in [2.75, 3.05) is 25.6 Å². The van der Waals surface area contributed by atoms with Crippen LogP contribution >= 0.6 is 11.6 Å². The molecule has 0 saturated heterocycles. The van der Waals surface area contributed by atoms with E-state index in [1.165, 1.54) is 0 Å². The molecule has 3 rings (SSSR count). The van der Waals surface area contributed by atoms with Gasteiger partial charge >= 0.3 is 0 Å². The van der Waals surface area contributed by atoms with Crippen LogP contribution in [-0.4, -0.2) is 31.6 Å². The van der Waals surface area contributed by atoms with Gasteiger partial charge < -0.3 is 15.0 Å². The topological polar surface area (TPSA) is 54.5 Å². The van der Waals surface area contributed by atoms with Crippen LogP contribution in [0, 0.1) is 5.92 Å². The summed E-state index contributed by atoms with van der Waals surface area (Å²) in [6.45, 7) is 0.862. The Morgan fingerprint density at radius 1 is 1.38 bits per heavy atom. The number of amides is 1. The Hall–Kier alpha value is -2.27. The van der Waals surface area contributed by atoms with Gasteiger partial charge in [0.2, 0.25) is 5.91 Å². The minimum atomic E-state index is -0.203. The lowest BCUT2D eigenvalue weighted by atomic mass is 9.96. The summed E-state index contributed by atoms with van der Waals surface area (Å²) < 4.78 is 5.68. The zero-order valence-corrected chi connectivity index (χ0v) is 14.5. The summed E-state index contributed by atoms with van der Waals surface area (Å²) in [5.74, 6) is 1.47. The Kier molecular flexibility index (Phi) is 4.90. The number of anilines is 1. The van der Waals surface area contributed by atoms with Crippen molar-refractivity contribution in [3.05, 3.63) is 52.7 Å². The summed E-state index contributed by atoms with van der Waals surface area (Å²) in [5.41, 5.74) is 2.00. The molecule has 24 heavy (non-hydrogen) atoms. The van der Waals surface area contributed by atoms with Gasteiger partial charge in [-0.3, -0.25) is 4.79 Å². The highest BCUT2D eigenvalue weighted by Gasteiger charge is 2.26. The molecule has 0 spiro atoms. The molecule has 1 amide bonds. The van der Waals surface area contributed by atoms with Crippen molar-refractivity contribution < 1.29 is 9.53 Å². The third-order valence-corrected chi connectivity index (χ3v) is 4.27. The highest BCUT2D eigenvalue weighted by atomic mass is 35.5. The lowest BCUT2D eigenvalue weighted by Crippen LogP contribution is -2.37. The summed E-state index contributed by atoms with van der Waals surface area (Å²) in [5, 5.41) is 3.64. The number of aromatic nitrogens is 1. The molecule has 0 aliphatic carbocycles. The molecule has 1 aliphatic rings. The predicted octanol–water partition coefficient (Wildman–Crippen LogP) is 2.67. The third kappa shape index (κ3) is 3.79. The average molecular weight is 346 g/mol. The molecule has 6 heteroatoms. The van der Waals surface area contributed by atoms with Crippen LogP contribution in [0.25, 0.3) is 0 Å². The van der Waals surface area contributed by atoms with Gasteiger partial charge in [-0.1, -0.05) is 11.6 Å². The molecule has 2 heterocycles. The van der Waals surface area contributed by atoms with Gasteiger partial charge in [-0.2, -0.15) is 0 Å². The van der Waals surface area contributed by atoms with Crippen molar-refractivity contribution in [1.29, 1.82) is 0 Å². The second-order valence-electron chi connectivity index (χ2n) is 6.10. The Morgan fingerprint density at radius 3 is 3.00 bits per heavy atom. The van der Waals surface area contributed by atoms with Crippen LogP contribution in [0.15, 0.2) is 36.5 Å². The van der Waals surface area contributed by atoms with Gasteiger partial charge in [0.15, 0.2) is 0 Å². The van der Waals surface area contributed by atoms with E-state index in [4.69, 9.17) is 16.3 Å². The van der Waals surface area contributed by atoms with Crippen LogP contribution < -0.4 is 15.0 Å². The lowest BCUT2D eigenvalue weighted by Gasteiger charge is -2.24. The zero-order valence-electron chi connectivity index (χ0n) is 13.8. The van der Waals surface area contributed by atoms with Crippen LogP contribution in [0.2, 0.25) is 5.02 Å². The second kappa shape index (κ2) is 7.09. The van der Waals surface area contributed by atoms with Gasteiger partial charge in [0.05, 0.1) is 5.92 Å². The SMILES string of the molecule is CN(C)c1cc(CNC(=O)[C@H]2COc3ccc(Cl)cc3C2)ccn1. The minimum Gasteiger partial charge on any atom is -0.492 e. The number of fused-ring (bicyclic) bond motifs is 1. The summed E-state index contributed by atoms with van der Waals surface area (Å²) >= 11 is 6.02. The summed E-state index contributed by atoms with van der Waals surface area (Å²) in [4.78, 5) is 18.6. The van der Waals surface area contributed by atoms with Crippen molar-refractivity contribution in [3.8, 4) is 5.75 Å². The lowest BCUT2D eigenvalue weighted by molar-refractivity contribution is -0.126. The predicted molar refractivity (Wildman–Crippen MR) is 94.6 cm³/mol. The molecule has 1 aliphatic heterocycles. The number of rotatable bonds is 4. The monoisotopic (exact) mass is 345 g/mol. The van der Waals surface area contributed by atoms with Crippen LogP contribution in [-0.2, 0) is 17.8 Å². The molecule has 1 aromatic carbocycles. The van der Waals surface area contributed by atoms with E-state index < -0.39 is 0 Å². The van der Waals surface area contributed by atoms with Gasteiger partial charge in [0.25, 0.3) is 0 Å². The maximum Gasteiger partial charge on any atom is 0.227 e. The first-order valence-electron chi connectivity index (χ1n) is 7.84. The molecule has 0 fully saturated rings. The quantitative estimate of drug-likeness (QED) is 0.925. The van der Waals surface area contributed by atoms with Gasteiger partial charge in [0.1, 0.15) is 18.2 Å². The molecular weight excluding hydrogens is 326 g/mol. The number of benzene rings is 1. The first-order valence-corrected chi connectivity index (χ1v) is 8.22. The fraction of sp³-hybridized carbons (Fsp3) is 0.333. The van der Waals surface area contributed by atoms with Gasteiger partial charge in [-0.05, 0) is 47.9 Å². The number of hydrogen-bond acceptors (Lipinski definition) is 4. The first-order chi connectivity index (χ1) is 11.5. The van der Waals surface area contributed by atoms with E-state index in [-0.39, 0.29) is 11.8 Å². The molecule has 5 nitrogen and oxygen atoms in total. The van der Waals surface area contributed by atoms with Crippen molar-refractivity contribution in [1.82, 2.24) is 10.3 Å². The minimum absolute atomic E-state index is 0.0103. The number of ether oxygens (including phenoxy) is 1. The third-order valence-electron chi connectivity index (χ3n) is 4.03. The average Bonchev–Trinajstić information content (AvgIpc) is 2.59. The number of pyridine rings is 1. The van der Waals surface area contributed by atoms with E-state index in [0.717, 1.165) is 22.7 Å². The fourth-order valence-electron chi connectivity index (χ4n) is 2.68. The Bertz CT molecular complexity index is 749. The molecule has 0 unspecified atom stereocenters. The Labute approximate surface area is 146 Å². The molecule has 2 aromatic rings. The maximum absolute atomic E-state index is 12.4. The fourth-order valence-corrected chi connectivity index (χ4v) is 2.87. The highest BCUT2D eigenvalue weighted by Crippen LogP contribution is 2.29. The van der Waals surface area contributed by atoms with E-state index in [2.05, 4.69) is 10.3 Å². The molecule has 0 saturated carbocycles. The van der Waals surface area contributed by atoms with E-state index in [0.29, 0.717) is 24.6 Å². The molecule has 1 N–H and O–H groups in total. The number of carbonyl (C=O) groups excluding carboxylic acids is 1. The second-order valence-corrected chi connectivity index (χ2v) is 6.54. The number of nitrogens with one attached hydrogen (secondary N) is 1.